The first-order chi connectivity index (χ1) is 9.13. The van der Waals surface area contributed by atoms with Crippen molar-refractivity contribution in [1.29, 1.82) is 0 Å². The van der Waals surface area contributed by atoms with Gasteiger partial charge in [-0.3, -0.25) is 4.79 Å². The number of carbonyl (C=O) groups excluding carboxylic acids is 1. The van der Waals surface area contributed by atoms with Gasteiger partial charge in [-0.15, -0.1) is 0 Å². The molecule has 1 aliphatic heterocycles. The molecule has 0 radical (unpaired) electrons. The van der Waals surface area contributed by atoms with Crippen LogP contribution >= 0.6 is 0 Å². The molecule has 2 N–H and O–H groups in total. The van der Waals surface area contributed by atoms with E-state index in [9.17, 15) is 4.79 Å². The Morgan fingerprint density at radius 2 is 2.16 bits per heavy atom. The zero-order chi connectivity index (χ0) is 13.8. The predicted molar refractivity (Wildman–Crippen MR) is 73.3 cm³/mol. The van der Waals surface area contributed by atoms with E-state index < -0.39 is 0 Å². The van der Waals surface area contributed by atoms with E-state index in [4.69, 9.17) is 15.2 Å². The van der Waals surface area contributed by atoms with Crippen LogP contribution in [-0.4, -0.2) is 39.3 Å². The van der Waals surface area contributed by atoms with Crippen molar-refractivity contribution in [2.45, 2.75) is 12.5 Å². The van der Waals surface area contributed by atoms with E-state index in [1.54, 1.807) is 7.11 Å². The molecule has 0 amide bonds. The lowest BCUT2D eigenvalue weighted by Gasteiger charge is -2.36. The molecule has 1 saturated heterocycles. The van der Waals surface area contributed by atoms with Gasteiger partial charge in [0.15, 0.2) is 0 Å². The molecule has 0 spiro atoms. The number of benzene rings is 1. The highest BCUT2D eigenvalue weighted by Gasteiger charge is 2.30. The van der Waals surface area contributed by atoms with Crippen LogP contribution in [0.3, 0.4) is 0 Å². The van der Waals surface area contributed by atoms with Crippen LogP contribution in [0.25, 0.3) is 0 Å². The van der Waals surface area contributed by atoms with Gasteiger partial charge in [0.2, 0.25) is 0 Å². The number of nitrogens with two attached hydrogens (primary N) is 1. The largest absolute Gasteiger partial charge is 0.497 e. The van der Waals surface area contributed by atoms with Gasteiger partial charge >= 0.3 is 5.97 Å². The van der Waals surface area contributed by atoms with Crippen molar-refractivity contribution in [2.24, 2.45) is 11.7 Å². The lowest BCUT2D eigenvalue weighted by Crippen LogP contribution is -2.49. The summed E-state index contributed by atoms with van der Waals surface area (Å²) < 4.78 is 10.0. The number of anilines is 1. The molecule has 2 atom stereocenters. The second-order valence-electron chi connectivity index (χ2n) is 4.82. The molecule has 5 heteroatoms. The summed E-state index contributed by atoms with van der Waals surface area (Å²) >= 11 is 0. The van der Waals surface area contributed by atoms with Crippen LogP contribution in [-0.2, 0) is 9.53 Å². The van der Waals surface area contributed by atoms with Crippen molar-refractivity contribution in [3.63, 3.8) is 0 Å². The van der Waals surface area contributed by atoms with Crippen LogP contribution in [0.5, 0.6) is 5.75 Å². The predicted octanol–water partition coefficient (Wildman–Crippen LogP) is 1.02. The standard InChI is InChI=1S/C14H20N2O3/c1-18-13-5-3-4-12(7-13)16-8-10(14(17)19-2)6-11(15)9-16/h3-5,7,10-11H,6,8-9,15H2,1-2H3. The SMILES string of the molecule is COC(=O)C1CC(N)CN(c2cccc(OC)c2)C1. The van der Waals surface area contributed by atoms with Crippen LogP contribution in [0.2, 0.25) is 0 Å². The van der Waals surface area contributed by atoms with Gasteiger partial charge in [-0.2, -0.15) is 0 Å². The highest BCUT2D eigenvalue weighted by molar-refractivity contribution is 5.73. The van der Waals surface area contributed by atoms with E-state index >= 15 is 0 Å². The molecular weight excluding hydrogens is 244 g/mol. The summed E-state index contributed by atoms with van der Waals surface area (Å²) in [6.07, 6.45) is 0.674. The molecule has 104 valence electrons. The molecule has 2 unspecified atom stereocenters. The molecule has 1 aliphatic rings. The minimum atomic E-state index is -0.192. The smallest absolute Gasteiger partial charge is 0.310 e. The summed E-state index contributed by atoms with van der Waals surface area (Å²) in [5.41, 5.74) is 7.05. The maximum Gasteiger partial charge on any atom is 0.310 e. The minimum absolute atomic E-state index is 0.0240. The third-order valence-corrected chi connectivity index (χ3v) is 3.44. The summed E-state index contributed by atoms with van der Waals surface area (Å²) in [6.45, 7) is 1.37. The third kappa shape index (κ3) is 3.17. The molecular formula is C14H20N2O3. The van der Waals surface area contributed by atoms with Gasteiger partial charge in [0, 0.05) is 30.9 Å². The fourth-order valence-corrected chi connectivity index (χ4v) is 2.49. The third-order valence-electron chi connectivity index (χ3n) is 3.44. The summed E-state index contributed by atoms with van der Waals surface area (Å²) in [6, 6.07) is 7.75. The monoisotopic (exact) mass is 264 g/mol. The molecule has 0 saturated carbocycles. The molecule has 19 heavy (non-hydrogen) atoms. The molecule has 1 aromatic carbocycles. The molecule has 0 aliphatic carbocycles. The summed E-state index contributed by atoms with van der Waals surface area (Å²) in [7, 11) is 3.05. The first-order valence-corrected chi connectivity index (χ1v) is 6.36. The van der Waals surface area contributed by atoms with Crippen LogP contribution < -0.4 is 15.4 Å². The quantitative estimate of drug-likeness (QED) is 0.826. The number of nitrogens with zero attached hydrogens (tertiary/aromatic N) is 1. The van der Waals surface area contributed by atoms with E-state index in [2.05, 4.69) is 4.90 Å². The van der Waals surface area contributed by atoms with Crippen molar-refractivity contribution >= 4 is 11.7 Å². The zero-order valence-corrected chi connectivity index (χ0v) is 11.3. The molecule has 5 nitrogen and oxygen atoms in total. The van der Waals surface area contributed by atoms with Crippen molar-refractivity contribution in [1.82, 2.24) is 0 Å². The number of hydrogen-bond donors (Lipinski definition) is 1. The summed E-state index contributed by atoms with van der Waals surface area (Å²) in [4.78, 5) is 13.8. The van der Waals surface area contributed by atoms with E-state index in [1.807, 2.05) is 24.3 Å². The maximum atomic E-state index is 11.7. The van der Waals surface area contributed by atoms with Gasteiger partial charge in [0.25, 0.3) is 0 Å². The lowest BCUT2D eigenvalue weighted by atomic mass is 9.94. The van der Waals surface area contributed by atoms with E-state index in [1.165, 1.54) is 7.11 Å². The Balaban J connectivity index is 2.16. The number of esters is 1. The molecule has 0 bridgehead atoms. The van der Waals surface area contributed by atoms with Gasteiger partial charge in [-0.25, -0.2) is 0 Å². The molecule has 1 aromatic rings. The van der Waals surface area contributed by atoms with E-state index in [-0.39, 0.29) is 17.9 Å². The Hall–Kier alpha value is -1.75. The summed E-state index contributed by atoms with van der Waals surface area (Å²) in [5.74, 6) is 0.439. The Kier molecular flexibility index (Phi) is 4.27. The Morgan fingerprint density at radius 3 is 2.84 bits per heavy atom. The van der Waals surface area contributed by atoms with Crippen LogP contribution in [0.4, 0.5) is 5.69 Å². The van der Waals surface area contributed by atoms with Gasteiger partial charge in [-0.1, -0.05) is 6.07 Å². The normalized spacial score (nSPS) is 23.0. The lowest BCUT2D eigenvalue weighted by molar-refractivity contribution is -0.145. The van der Waals surface area contributed by atoms with Gasteiger partial charge < -0.3 is 20.1 Å². The highest BCUT2D eigenvalue weighted by atomic mass is 16.5. The van der Waals surface area contributed by atoms with E-state index in [0.717, 1.165) is 18.0 Å². The number of ether oxygens (including phenoxy) is 2. The number of rotatable bonds is 3. The maximum absolute atomic E-state index is 11.7. The van der Waals surface area contributed by atoms with Crippen LogP contribution in [0.1, 0.15) is 6.42 Å². The molecule has 2 rings (SSSR count). The number of piperidine rings is 1. The number of carbonyl (C=O) groups is 1. The van der Waals surface area contributed by atoms with Crippen molar-refractivity contribution in [3.8, 4) is 5.75 Å². The number of hydrogen-bond acceptors (Lipinski definition) is 5. The van der Waals surface area contributed by atoms with Gasteiger partial charge in [0.1, 0.15) is 5.75 Å². The molecule has 0 aromatic heterocycles. The second-order valence-corrected chi connectivity index (χ2v) is 4.82. The fourth-order valence-electron chi connectivity index (χ4n) is 2.49. The fraction of sp³-hybridized carbons (Fsp3) is 0.500. The first-order valence-electron chi connectivity index (χ1n) is 6.36. The van der Waals surface area contributed by atoms with Gasteiger partial charge in [0.05, 0.1) is 20.1 Å². The molecule has 1 fully saturated rings. The summed E-state index contributed by atoms with van der Waals surface area (Å²) in [5, 5.41) is 0. The minimum Gasteiger partial charge on any atom is -0.497 e. The van der Waals surface area contributed by atoms with Crippen LogP contribution in [0.15, 0.2) is 24.3 Å². The Labute approximate surface area is 113 Å². The highest BCUT2D eigenvalue weighted by Crippen LogP contribution is 2.26. The van der Waals surface area contributed by atoms with Crippen molar-refractivity contribution in [2.75, 3.05) is 32.2 Å². The topological polar surface area (TPSA) is 64.8 Å². The second kappa shape index (κ2) is 5.93. The molecule has 1 heterocycles. The number of methoxy groups -OCH3 is 2. The average Bonchev–Trinajstić information content (AvgIpc) is 2.45. The zero-order valence-electron chi connectivity index (χ0n) is 11.3. The Bertz CT molecular complexity index is 450. The van der Waals surface area contributed by atoms with Crippen LogP contribution in [0, 0.1) is 5.92 Å². The van der Waals surface area contributed by atoms with Gasteiger partial charge in [-0.05, 0) is 18.6 Å². The van der Waals surface area contributed by atoms with Crippen molar-refractivity contribution in [3.05, 3.63) is 24.3 Å². The first kappa shape index (κ1) is 13.7. The van der Waals surface area contributed by atoms with Crippen molar-refractivity contribution < 1.29 is 14.3 Å². The Morgan fingerprint density at radius 1 is 1.37 bits per heavy atom. The average molecular weight is 264 g/mol. The van der Waals surface area contributed by atoms with E-state index in [0.29, 0.717) is 13.0 Å².